The molecule has 1 amide bonds. The van der Waals surface area contributed by atoms with Crippen molar-refractivity contribution >= 4 is 56.5 Å². The Labute approximate surface area is 178 Å². The molecule has 0 aliphatic rings. The molecule has 0 saturated carbocycles. The number of hydrogen-bond donors (Lipinski definition) is 1. The number of anilines is 1. The second kappa shape index (κ2) is 8.36. The van der Waals surface area contributed by atoms with Gasteiger partial charge in [-0.15, -0.1) is 11.3 Å². The molecule has 0 saturated heterocycles. The van der Waals surface area contributed by atoms with Crippen LogP contribution in [0.4, 0.5) is 10.1 Å². The largest absolute Gasteiger partial charge is 0.324 e. The Morgan fingerprint density at radius 2 is 2.00 bits per heavy atom. The molecule has 0 aliphatic carbocycles. The molecule has 4 aromatic rings. The van der Waals surface area contributed by atoms with E-state index >= 15 is 0 Å². The Bertz CT molecular complexity index is 1260. The van der Waals surface area contributed by atoms with Crippen LogP contribution in [0.15, 0.2) is 69.9 Å². The van der Waals surface area contributed by atoms with Crippen LogP contribution in [0.2, 0.25) is 5.02 Å². The molecule has 0 spiro atoms. The minimum atomic E-state index is -0.484. The van der Waals surface area contributed by atoms with E-state index in [1.807, 2.05) is 35.7 Å². The molecular weight excluding hydrogens is 433 g/mol. The fourth-order valence-electron chi connectivity index (χ4n) is 2.70. The zero-order valence-corrected chi connectivity index (χ0v) is 17.2. The van der Waals surface area contributed by atoms with Gasteiger partial charge in [-0.05, 0) is 41.8 Å². The number of nitrogens with one attached hydrogen (secondary N) is 1. The fraction of sp³-hybridized carbons (Fsp3) is 0.0500. The highest BCUT2D eigenvalue weighted by molar-refractivity contribution is 7.99. The molecule has 0 atom stereocenters. The Hall–Kier alpha value is -2.68. The number of halogens is 2. The minimum Gasteiger partial charge on any atom is -0.324 e. The van der Waals surface area contributed by atoms with Gasteiger partial charge in [0.25, 0.3) is 5.56 Å². The fourth-order valence-corrected chi connectivity index (χ4v) is 4.49. The molecule has 2 heterocycles. The normalized spacial score (nSPS) is 11.0. The molecule has 2 aromatic carbocycles. The van der Waals surface area contributed by atoms with Crippen LogP contribution < -0.4 is 10.9 Å². The summed E-state index contributed by atoms with van der Waals surface area (Å²) >= 11 is 8.42. The van der Waals surface area contributed by atoms with Crippen LogP contribution in [0.25, 0.3) is 15.9 Å². The molecule has 0 unspecified atom stereocenters. The number of thiophene rings is 1. The van der Waals surface area contributed by atoms with Crippen molar-refractivity contribution in [2.24, 2.45) is 0 Å². The van der Waals surface area contributed by atoms with Crippen molar-refractivity contribution in [3.63, 3.8) is 0 Å². The van der Waals surface area contributed by atoms with Crippen LogP contribution in [-0.4, -0.2) is 21.2 Å². The number of rotatable bonds is 5. The molecule has 4 rings (SSSR count). The number of amides is 1. The van der Waals surface area contributed by atoms with Gasteiger partial charge in [-0.1, -0.05) is 41.6 Å². The van der Waals surface area contributed by atoms with Crippen LogP contribution >= 0.6 is 34.7 Å². The highest BCUT2D eigenvalue weighted by Gasteiger charge is 2.16. The van der Waals surface area contributed by atoms with Crippen LogP contribution in [0, 0.1) is 5.82 Å². The third-order valence-electron chi connectivity index (χ3n) is 4.00. The summed E-state index contributed by atoms with van der Waals surface area (Å²) in [5.74, 6) is -0.826. The van der Waals surface area contributed by atoms with E-state index in [-0.39, 0.29) is 22.2 Å². The maximum atomic E-state index is 13.2. The molecule has 0 radical (unpaired) electrons. The lowest BCUT2D eigenvalue weighted by Gasteiger charge is -2.12. The molecule has 0 fully saturated rings. The standard InChI is InChI=1S/C20H13ClFN3O2S2/c21-14-10-12(22)6-7-15(14)23-17(26)11-29-20-24-16-8-9-28-18(16)19(27)25(20)13-4-2-1-3-5-13/h1-10H,11H2,(H,23,26). The van der Waals surface area contributed by atoms with E-state index in [2.05, 4.69) is 10.3 Å². The molecule has 1 N–H and O–H groups in total. The summed E-state index contributed by atoms with van der Waals surface area (Å²) in [5, 5.41) is 4.98. The lowest BCUT2D eigenvalue weighted by Crippen LogP contribution is -2.22. The molecule has 9 heteroatoms. The first-order chi connectivity index (χ1) is 14.0. The van der Waals surface area contributed by atoms with E-state index in [1.54, 1.807) is 6.07 Å². The van der Waals surface area contributed by atoms with Gasteiger partial charge in [-0.25, -0.2) is 9.37 Å². The molecule has 146 valence electrons. The number of fused-ring (bicyclic) bond motifs is 1. The number of para-hydroxylation sites is 1. The summed E-state index contributed by atoms with van der Waals surface area (Å²) in [6, 6.07) is 14.7. The number of carbonyl (C=O) groups is 1. The quantitative estimate of drug-likeness (QED) is 0.348. The number of aromatic nitrogens is 2. The third-order valence-corrected chi connectivity index (χ3v) is 6.14. The van der Waals surface area contributed by atoms with Crippen LogP contribution in [0.1, 0.15) is 0 Å². The van der Waals surface area contributed by atoms with Crippen molar-refractivity contribution in [1.29, 1.82) is 0 Å². The molecule has 0 bridgehead atoms. The average Bonchev–Trinajstić information content (AvgIpc) is 3.18. The van der Waals surface area contributed by atoms with Crippen LogP contribution in [0.5, 0.6) is 0 Å². The Morgan fingerprint density at radius 3 is 2.76 bits per heavy atom. The summed E-state index contributed by atoms with van der Waals surface area (Å²) in [5.41, 5.74) is 1.41. The zero-order chi connectivity index (χ0) is 20.4. The number of nitrogens with zero attached hydrogens (tertiary/aromatic N) is 2. The van der Waals surface area contributed by atoms with Crippen molar-refractivity contribution in [2.75, 3.05) is 11.1 Å². The van der Waals surface area contributed by atoms with Crippen molar-refractivity contribution in [1.82, 2.24) is 9.55 Å². The molecule has 29 heavy (non-hydrogen) atoms. The maximum Gasteiger partial charge on any atom is 0.276 e. The van der Waals surface area contributed by atoms with Crippen LogP contribution in [-0.2, 0) is 4.79 Å². The van der Waals surface area contributed by atoms with Gasteiger partial charge in [0.05, 0.1) is 27.7 Å². The topological polar surface area (TPSA) is 64.0 Å². The average molecular weight is 446 g/mol. The van der Waals surface area contributed by atoms with Gasteiger partial charge < -0.3 is 5.32 Å². The predicted molar refractivity (Wildman–Crippen MR) is 116 cm³/mol. The maximum absolute atomic E-state index is 13.2. The van der Waals surface area contributed by atoms with E-state index in [0.717, 1.165) is 17.8 Å². The second-order valence-corrected chi connectivity index (χ2v) is 8.23. The van der Waals surface area contributed by atoms with Crippen molar-refractivity contribution in [3.8, 4) is 5.69 Å². The molecule has 5 nitrogen and oxygen atoms in total. The molecule has 0 aliphatic heterocycles. The first-order valence-corrected chi connectivity index (χ1v) is 10.7. The van der Waals surface area contributed by atoms with E-state index in [0.29, 0.717) is 26.7 Å². The molecule has 2 aromatic heterocycles. The highest BCUT2D eigenvalue weighted by Crippen LogP contribution is 2.25. The van der Waals surface area contributed by atoms with Gasteiger partial charge in [0, 0.05) is 0 Å². The van der Waals surface area contributed by atoms with Crippen molar-refractivity contribution < 1.29 is 9.18 Å². The summed E-state index contributed by atoms with van der Waals surface area (Å²) in [7, 11) is 0. The highest BCUT2D eigenvalue weighted by atomic mass is 35.5. The number of thioether (sulfide) groups is 1. The van der Waals surface area contributed by atoms with Gasteiger partial charge in [0.15, 0.2) is 5.16 Å². The molecular formula is C20H13ClFN3O2S2. The lowest BCUT2D eigenvalue weighted by molar-refractivity contribution is -0.113. The lowest BCUT2D eigenvalue weighted by atomic mass is 10.3. The van der Waals surface area contributed by atoms with Gasteiger partial charge >= 0.3 is 0 Å². The van der Waals surface area contributed by atoms with Crippen LogP contribution in [0.3, 0.4) is 0 Å². The number of benzene rings is 2. The third kappa shape index (κ3) is 4.19. The van der Waals surface area contributed by atoms with E-state index < -0.39 is 5.82 Å². The Balaban J connectivity index is 1.62. The first-order valence-electron chi connectivity index (χ1n) is 8.46. The number of carbonyl (C=O) groups excluding carboxylic acids is 1. The van der Waals surface area contributed by atoms with Gasteiger partial charge in [0.2, 0.25) is 5.91 Å². The second-order valence-electron chi connectivity index (χ2n) is 5.97. The van der Waals surface area contributed by atoms with Gasteiger partial charge in [0.1, 0.15) is 10.5 Å². The van der Waals surface area contributed by atoms with Crippen molar-refractivity contribution in [3.05, 3.63) is 81.2 Å². The Kier molecular flexibility index (Phi) is 5.66. The SMILES string of the molecule is O=C(CSc1nc2ccsc2c(=O)n1-c1ccccc1)Nc1ccc(F)cc1Cl. The monoisotopic (exact) mass is 445 g/mol. The van der Waals surface area contributed by atoms with E-state index in [1.165, 1.54) is 28.0 Å². The van der Waals surface area contributed by atoms with E-state index in [4.69, 9.17) is 11.6 Å². The Morgan fingerprint density at radius 1 is 1.21 bits per heavy atom. The van der Waals surface area contributed by atoms with Crippen molar-refractivity contribution in [2.45, 2.75) is 5.16 Å². The summed E-state index contributed by atoms with van der Waals surface area (Å²) in [6.45, 7) is 0. The minimum absolute atomic E-state index is 0.00260. The van der Waals surface area contributed by atoms with Gasteiger partial charge in [-0.3, -0.25) is 14.2 Å². The smallest absolute Gasteiger partial charge is 0.276 e. The summed E-state index contributed by atoms with van der Waals surface area (Å²) in [4.78, 5) is 29.9. The van der Waals surface area contributed by atoms with E-state index in [9.17, 15) is 14.0 Å². The number of hydrogen-bond acceptors (Lipinski definition) is 5. The summed E-state index contributed by atoms with van der Waals surface area (Å²) < 4.78 is 15.2. The van der Waals surface area contributed by atoms with Gasteiger partial charge in [-0.2, -0.15) is 0 Å². The zero-order valence-electron chi connectivity index (χ0n) is 14.8. The first kappa shape index (κ1) is 19.6. The summed E-state index contributed by atoms with van der Waals surface area (Å²) in [6.07, 6.45) is 0. The predicted octanol–water partition coefficient (Wildman–Crippen LogP) is 4.97.